The van der Waals surface area contributed by atoms with Gasteiger partial charge in [0.05, 0.1) is 10.1 Å². The van der Waals surface area contributed by atoms with E-state index in [9.17, 15) is 0 Å². The van der Waals surface area contributed by atoms with E-state index in [1.807, 2.05) is 36.6 Å². The molecule has 32 heavy (non-hydrogen) atoms. The van der Waals surface area contributed by atoms with E-state index in [0.717, 1.165) is 34.6 Å². The van der Waals surface area contributed by atoms with Crippen LogP contribution in [0.15, 0.2) is 51.5 Å². The molecular formula is C23H27N5O2S2. The molecule has 1 atom stereocenters. The number of benzene rings is 1. The summed E-state index contributed by atoms with van der Waals surface area (Å²) in [4.78, 5) is 5.56. The van der Waals surface area contributed by atoms with Gasteiger partial charge in [0, 0.05) is 6.54 Å². The summed E-state index contributed by atoms with van der Waals surface area (Å²) in [5.41, 5.74) is 1.29. The minimum absolute atomic E-state index is 0.0540. The first kappa shape index (κ1) is 22.5. The van der Waals surface area contributed by atoms with Crippen LogP contribution in [-0.2, 0) is 19.6 Å². The Morgan fingerprint density at radius 3 is 2.62 bits per heavy atom. The smallest absolute Gasteiger partial charge is 0.240 e. The minimum atomic E-state index is -0.0540. The summed E-state index contributed by atoms with van der Waals surface area (Å²) in [7, 11) is 0. The maximum atomic E-state index is 5.99. The van der Waals surface area contributed by atoms with Crippen molar-refractivity contribution < 1.29 is 9.26 Å². The van der Waals surface area contributed by atoms with Crippen LogP contribution in [0.2, 0.25) is 0 Å². The first-order valence-electron chi connectivity index (χ1n) is 10.7. The van der Waals surface area contributed by atoms with Gasteiger partial charge in [-0.15, -0.1) is 21.5 Å². The van der Waals surface area contributed by atoms with Crippen molar-refractivity contribution in [3.8, 4) is 16.5 Å². The van der Waals surface area contributed by atoms with E-state index in [0.29, 0.717) is 24.2 Å². The fourth-order valence-corrected chi connectivity index (χ4v) is 4.70. The highest BCUT2D eigenvalue weighted by atomic mass is 32.2. The highest BCUT2D eigenvalue weighted by molar-refractivity contribution is 7.99. The molecule has 0 fully saturated rings. The lowest BCUT2D eigenvalue weighted by molar-refractivity contribution is 0.284. The lowest BCUT2D eigenvalue weighted by Crippen LogP contribution is -2.12. The number of hydrogen-bond donors (Lipinski definition) is 0. The topological polar surface area (TPSA) is 78.9 Å². The zero-order valence-electron chi connectivity index (χ0n) is 18.7. The zero-order chi connectivity index (χ0) is 22.5. The van der Waals surface area contributed by atoms with Gasteiger partial charge < -0.3 is 13.8 Å². The van der Waals surface area contributed by atoms with Crippen molar-refractivity contribution in [2.24, 2.45) is 5.92 Å². The van der Waals surface area contributed by atoms with Crippen molar-refractivity contribution in [2.75, 3.05) is 0 Å². The van der Waals surface area contributed by atoms with Crippen LogP contribution in [-0.4, -0.2) is 24.9 Å². The van der Waals surface area contributed by atoms with E-state index in [4.69, 9.17) is 9.26 Å². The van der Waals surface area contributed by atoms with Gasteiger partial charge in [-0.1, -0.05) is 55.9 Å². The SMILES string of the molecule is CCc1ccc(OCc2nnc(SC(C)c3nc(-c4cccs4)no3)n2CC(C)C)cc1. The van der Waals surface area contributed by atoms with Gasteiger partial charge in [0.25, 0.3) is 0 Å². The highest BCUT2D eigenvalue weighted by Crippen LogP contribution is 2.35. The van der Waals surface area contributed by atoms with Crippen LogP contribution < -0.4 is 4.74 Å². The first-order valence-corrected chi connectivity index (χ1v) is 12.5. The molecule has 0 saturated heterocycles. The molecular weight excluding hydrogens is 442 g/mol. The van der Waals surface area contributed by atoms with Crippen LogP contribution in [0.25, 0.3) is 10.7 Å². The van der Waals surface area contributed by atoms with Gasteiger partial charge in [-0.3, -0.25) is 0 Å². The van der Waals surface area contributed by atoms with Crippen LogP contribution in [0.4, 0.5) is 0 Å². The zero-order valence-corrected chi connectivity index (χ0v) is 20.3. The van der Waals surface area contributed by atoms with E-state index in [1.54, 1.807) is 23.1 Å². The Kier molecular flexibility index (Phi) is 7.26. The summed E-state index contributed by atoms with van der Waals surface area (Å²) in [5, 5.41) is 15.7. The molecule has 1 unspecified atom stereocenters. The van der Waals surface area contributed by atoms with Crippen molar-refractivity contribution in [1.82, 2.24) is 24.9 Å². The number of aryl methyl sites for hydroxylation is 1. The standard InChI is InChI=1S/C23H27N5O2S2/c1-5-17-8-10-18(11-9-17)29-14-20-25-26-23(28(20)13-15(2)3)32-16(4)22-24-21(27-30-22)19-7-6-12-31-19/h6-12,15-16H,5,13-14H2,1-4H3. The molecule has 4 aromatic rings. The lowest BCUT2D eigenvalue weighted by Gasteiger charge is -2.14. The van der Waals surface area contributed by atoms with Crippen LogP contribution >= 0.6 is 23.1 Å². The van der Waals surface area contributed by atoms with Gasteiger partial charge in [0.2, 0.25) is 11.7 Å². The molecule has 0 spiro atoms. The van der Waals surface area contributed by atoms with Gasteiger partial charge in [0.1, 0.15) is 12.4 Å². The molecule has 0 aliphatic rings. The molecule has 0 radical (unpaired) electrons. The van der Waals surface area contributed by atoms with Crippen molar-refractivity contribution >= 4 is 23.1 Å². The van der Waals surface area contributed by atoms with Crippen molar-refractivity contribution in [3.63, 3.8) is 0 Å². The second-order valence-electron chi connectivity index (χ2n) is 7.88. The molecule has 0 amide bonds. The summed E-state index contributed by atoms with van der Waals surface area (Å²) >= 11 is 3.16. The quantitative estimate of drug-likeness (QED) is 0.262. The monoisotopic (exact) mass is 469 g/mol. The van der Waals surface area contributed by atoms with E-state index >= 15 is 0 Å². The average molecular weight is 470 g/mol. The summed E-state index contributed by atoms with van der Waals surface area (Å²) in [5.74, 6) is 3.27. The fraction of sp³-hybridized carbons (Fsp3) is 0.391. The Balaban J connectivity index is 1.47. The van der Waals surface area contributed by atoms with Crippen molar-refractivity contribution in [2.45, 2.75) is 57.7 Å². The van der Waals surface area contributed by atoms with Gasteiger partial charge in [0.15, 0.2) is 11.0 Å². The normalized spacial score (nSPS) is 12.4. The van der Waals surface area contributed by atoms with Gasteiger partial charge in [-0.05, 0) is 48.4 Å². The van der Waals surface area contributed by atoms with Crippen LogP contribution in [0, 0.1) is 5.92 Å². The number of thioether (sulfide) groups is 1. The molecule has 0 N–H and O–H groups in total. The van der Waals surface area contributed by atoms with E-state index in [-0.39, 0.29) is 5.25 Å². The number of hydrogen-bond acceptors (Lipinski definition) is 8. The average Bonchev–Trinajstić information content (AvgIpc) is 3.54. The maximum Gasteiger partial charge on any atom is 0.240 e. The molecule has 3 heterocycles. The van der Waals surface area contributed by atoms with Gasteiger partial charge in [-0.25, -0.2) is 0 Å². The Morgan fingerprint density at radius 2 is 1.94 bits per heavy atom. The predicted molar refractivity (Wildman–Crippen MR) is 127 cm³/mol. The third-order valence-corrected chi connectivity index (χ3v) is 6.79. The summed E-state index contributed by atoms with van der Waals surface area (Å²) < 4.78 is 13.6. The Hall–Kier alpha value is -2.65. The molecule has 7 nitrogen and oxygen atoms in total. The Morgan fingerprint density at radius 1 is 1.12 bits per heavy atom. The first-order chi connectivity index (χ1) is 15.5. The van der Waals surface area contributed by atoms with Crippen LogP contribution in [0.3, 0.4) is 0 Å². The molecule has 0 aliphatic carbocycles. The second kappa shape index (κ2) is 10.3. The van der Waals surface area contributed by atoms with Crippen molar-refractivity contribution in [1.29, 1.82) is 0 Å². The molecule has 3 aromatic heterocycles. The van der Waals surface area contributed by atoms with Gasteiger partial charge in [-0.2, -0.15) is 4.98 Å². The molecule has 4 rings (SSSR count). The number of rotatable bonds is 10. The largest absolute Gasteiger partial charge is 0.486 e. The lowest BCUT2D eigenvalue weighted by atomic mass is 10.2. The fourth-order valence-electron chi connectivity index (χ4n) is 3.15. The number of aromatic nitrogens is 5. The summed E-state index contributed by atoms with van der Waals surface area (Å²) in [6.45, 7) is 9.70. The number of nitrogens with zero attached hydrogens (tertiary/aromatic N) is 5. The molecule has 9 heteroatoms. The van der Waals surface area contributed by atoms with Crippen LogP contribution in [0.5, 0.6) is 5.75 Å². The van der Waals surface area contributed by atoms with E-state index < -0.39 is 0 Å². The molecule has 0 bridgehead atoms. The Bertz CT molecular complexity index is 1120. The molecule has 168 valence electrons. The predicted octanol–water partition coefficient (Wildman–Crippen LogP) is 6.04. The van der Waals surface area contributed by atoms with Crippen LogP contribution in [0.1, 0.15) is 50.2 Å². The number of ether oxygens (including phenoxy) is 1. The molecule has 0 aliphatic heterocycles. The van der Waals surface area contributed by atoms with Gasteiger partial charge >= 0.3 is 0 Å². The Labute approximate surface area is 196 Å². The van der Waals surface area contributed by atoms with Crippen molar-refractivity contribution in [3.05, 3.63) is 59.1 Å². The molecule has 0 saturated carbocycles. The van der Waals surface area contributed by atoms with E-state index in [2.05, 4.69) is 57.8 Å². The minimum Gasteiger partial charge on any atom is -0.486 e. The summed E-state index contributed by atoms with van der Waals surface area (Å²) in [6.07, 6.45) is 1.01. The maximum absolute atomic E-state index is 5.99. The highest BCUT2D eigenvalue weighted by Gasteiger charge is 2.22. The third kappa shape index (κ3) is 5.39. The third-order valence-electron chi connectivity index (χ3n) is 4.85. The number of thiophene rings is 1. The molecule has 1 aromatic carbocycles. The summed E-state index contributed by atoms with van der Waals surface area (Å²) in [6, 6.07) is 12.1. The van der Waals surface area contributed by atoms with E-state index in [1.165, 1.54) is 5.56 Å². The second-order valence-corrected chi connectivity index (χ2v) is 10.1.